The minimum absolute atomic E-state index is 0.174. The zero-order chi connectivity index (χ0) is 19.8. The molecule has 0 atom stereocenters. The molecule has 0 aliphatic carbocycles. The van der Waals surface area contributed by atoms with Crippen LogP contribution in [0.4, 0.5) is 22.7 Å². The molecule has 0 saturated heterocycles. The summed E-state index contributed by atoms with van der Waals surface area (Å²) in [5, 5.41) is 2.72. The van der Waals surface area contributed by atoms with Gasteiger partial charge in [0.05, 0.1) is 16.8 Å². The van der Waals surface area contributed by atoms with E-state index in [9.17, 15) is 14.4 Å². The van der Waals surface area contributed by atoms with Gasteiger partial charge in [-0.1, -0.05) is 12.1 Å². The number of carbonyl (C=O) groups is 3. The van der Waals surface area contributed by atoms with Crippen molar-refractivity contribution in [2.75, 3.05) is 21.7 Å². The molecule has 28 heavy (non-hydrogen) atoms. The van der Waals surface area contributed by atoms with E-state index in [1.54, 1.807) is 48.5 Å². The van der Waals surface area contributed by atoms with Crippen LogP contribution in [0, 0.1) is 0 Å². The number of nitrogens with zero attached hydrogens (tertiary/aromatic N) is 1. The monoisotopic (exact) mass is 372 g/mol. The number of nitrogen functional groups attached to an aromatic ring is 2. The van der Waals surface area contributed by atoms with Crippen molar-refractivity contribution in [2.45, 2.75) is 0 Å². The van der Waals surface area contributed by atoms with E-state index in [2.05, 4.69) is 5.32 Å². The van der Waals surface area contributed by atoms with E-state index in [0.29, 0.717) is 22.7 Å². The van der Waals surface area contributed by atoms with Gasteiger partial charge in [0.2, 0.25) is 0 Å². The second-order valence-corrected chi connectivity index (χ2v) is 6.38. The smallest absolute Gasteiger partial charge is 0.266 e. The maximum atomic E-state index is 12.8. The summed E-state index contributed by atoms with van der Waals surface area (Å²) in [6.07, 6.45) is 0. The summed E-state index contributed by atoms with van der Waals surface area (Å²) >= 11 is 0. The van der Waals surface area contributed by atoms with Crippen LogP contribution in [0.25, 0.3) is 0 Å². The summed E-state index contributed by atoms with van der Waals surface area (Å²) in [5.41, 5.74) is 14.0. The Bertz CT molecular complexity index is 1140. The number of benzene rings is 3. The van der Waals surface area contributed by atoms with Crippen LogP contribution in [0.15, 0.2) is 66.7 Å². The van der Waals surface area contributed by atoms with Crippen LogP contribution in [-0.2, 0) is 0 Å². The predicted molar refractivity (Wildman–Crippen MR) is 107 cm³/mol. The number of amides is 3. The molecule has 3 aromatic carbocycles. The van der Waals surface area contributed by atoms with Crippen molar-refractivity contribution >= 4 is 40.5 Å². The molecule has 0 unspecified atom stereocenters. The van der Waals surface area contributed by atoms with E-state index in [4.69, 9.17) is 11.5 Å². The molecule has 0 radical (unpaired) electrons. The van der Waals surface area contributed by atoms with Crippen LogP contribution in [0.2, 0.25) is 0 Å². The second-order valence-electron chi connectivity index (χ2n) is 6.38. The number of imide groups is 1. The molecule has 1 heterocycles. The molecule has 138 valence electrons. The van der Waals surface area contributed by atoms with Gasteiger partial charge >= 0.3 is 0 Å². The number of fused-ring (bicyclic) bond motifs is 1. The Morgan fingerprint density at radius 2 is 1.46 bits per heavy atom. The zero-order valence-electron chi connectivity index (χ0n) is 14.7. The molecular formula is C21H16N4O3. The molecule has 1 aliphatic heterocycles. The first-order valence-electron chi connectivity index (χ1n) is 8.49. The summed E-state index contributed by atoms with van der Waals surface area (Å²) in [6.45, 7) is 0. The summed E-state index contributed by atoms with van der Waals surface area (Å²) < 4.78 is 0. The molecule has 5 N–H and O–H groups in total. The van der Waals surface area contributed by atoms with Crippen molar-refractivity contribution in [2.24, 2.45) is 0 Å². The average molecular weight is 372 g/mol. The minimum Gasteiger partial charge on any atom is -0.399 e. The lowest BCUT2D eigenvalue weighted by atomic mass is 10.1. The van der Waals surface area contributed by atoms with Crippen LogP contribution in [0.1, 0.15) is 31.1 Å². The summed E-state index contributed by atoms with van der Waals surface area (Å²) in [4.78, 5) is 39.1. The van der Waals surface area contributed by atoms with Gasteiger partial charge in [-0.3, -0.25) is 14.4 Å². The van der Waals surface area contributed by atoms with E-state index < -0.39 is 17.7 Å². The SMILES string of the molecule is Nc1cccc(NC(=O)c2ccc3c(c2)C(=O)N(c2cccc(N)c2)C3=O)c1. The number of rotatable bonds is 3. The molecule has 3 aromatic rings. The van der Waals surface area contributed by atoms with Gasteiger partial charge in [-0.25, -0.2) is 4.90 Å². The highest BCUT2D eigenvalue weighted by atomic mass is 16.2. The van der Waals surface area contributed by atoms with E-state index in [-0.39, 0.29) is 16.7 Å². The van der Waals surface area contributed by atoms with Crippen molar-refractivity contribution < 1.29 is 14.4 Å². The standard InChI is InChI=1S/C21H16N4O3/c22-13-3-1-5-15(10-13)24-19(26)12-7-8-17-18(9-12)21(28)25(20(17)27)16-6-2-4-14(23)11-16/h1-11H,22-23H2,(H,24,26). The van der Waals surface area contributed by atoms with Crippen molar-refractivity contribution in [3.05, 3.63) is 83.4 Å². The summed E-state index contributed by atoms with van der Waals surface area (Å²) in [5.74, 6) is -1.35. The van der Waals surface area contributed by atoms with Crippen molar-refractivity contribution in [3.8, 4) is 0 Å². The quantitative estimate of drug-likeness (QED) is 0.482. The first-order valence-corrected chi connectivity index (χ1v) is 8.49. The third-order valence-corrected chi connectivity index (χ3v) is 4.42. The molecule has 4 rings (SSSR count). The van der Waals surface area contributed by atoms with Gasteiger partial charge in [0, 0.05) is 22.6 Å². The zero-order valence-corrected chi connectivity index (χ0v) is 14.7. The number of nitrogens with two attached hydrogens (primary N) is 2. The molecule has 0 bridgehead atoms. The normalized spacial score (nSPS) is 12.8. The molecule has 7 heteroatoms. The molecule has 0 fully saturated rings. The lowest BCUT2D eigenvalue weighted by Crippen LogP contribution is -2.29. The van der Waals surface area contributed by atoms with Gasteiger partial charge in [0.25, 0.3) is 17.7 Å². The fourth-order valence-electron chi connectivity index (χ4n) is 3.10. The number of hydrogen-bond acceptors (Lipinski definition) is 5. The minimum atomic E-state index is -0.496. The Kier molecular flexibility index (Phi) is 4.04. The lowest BCUT2D eigenvalue weighted by Gasteiger charge is -2.14. The Hall–Kier alpha value is -4.13. The predicted octanol–water partition coefficient (Wildman–Crippen LogP) is 2.90. The van der Waals surface area contributed by atoms with Gasteiger partial charge in [-0.15, -0.1) is 0 Å². The highest BCUT2D eigenvalue weighted by Crippen LogP contribution is 2.30. The van der Waals surface area contributed by atoms with Gasteiger partial charge < -0.3 is 16.8 Å². The highest BCUT2D eigenvalue weighted by molar-refractivity contribution is 6.34. The average Bonchev–Trinajstić information content (AvgIpc) is 2.92. The number of hydrogen-bond donors (Lipinski definition) is 3. The van der Waals surface area contributed by atoms with E-state index >= 15 is 0 Å². The Morgan fingerprint density at radius 3 is 2.18 bits per heavy atom. The van der Waals surface area contributed by atoms with Crippen molar-refractivity contribution in [3.63, 3.8) is 0 Å². The molecular weight excluding hydrogens is 356 g/mol. The van der Waals surface area contributed by atoms with Crippen LogP contribution in [-0.4, -0.2) is 17.7 Å². The molecule has 0 spiro atoms. The summed E-state index contributed by atoms with van der Waals surface area (Å²) in [6, 6.07) is 17.7. The Balaban J connectivity index is 1.64. The topological polar surface area (TPSA) is 119 Å². The maximum absolute atomic E-state index is 12.8. The highest BCUT2D eigenvalue weighted by Gasteiger charge is 2.37. The lowest BCUT2D eigenvalue weighted by molar-refractivity contribution is 0.0925. The van der Waals surface area contributed by atoms with E-state index in [0.717, 1.165) is 4.90 Å². The molecule has 1 aliphatic rings. The third kappa shape index (κ3) is 2.95. The number of nitrogens with one attached hydrogen (secondary N) is 1. The van der Waals surface area contributed by atoms with Crippen molar-refractivity contribution in [1.29, 1.82) is 0 Å². The third-order valence-electron chi connectivity index (χ3n) is 4.42. The summed E-state index contributed by atoms with van der Waals surface area (Å²) in [7, 11) is 0. The Labute approximate surface area is 160 Å². The largest absolute Gasteiger partial charge is 0.399 e. The van der Waals surface area contributed by atoms with Crippen LogP contribution >= 0.6 is 0 Å². The van der Waals surface area contributed by atoms with Crippen LogP contribution < -0.4 is 21.7 Å². The fraction of sp³-hybridized carbons (Fsp3) is 0. The molecule has 7 nitrogen and oxygen atoms in total. The number of anilines is 4. The molecule has 0 aromatic heterocycles. The Morgan fingerprint density at radius 1 is 0.786 bits per heavy atom. The van der Waals surface area contributed by atoms with Crippen LogP contribution in [0.3, 0.4) is 0 Å². The first-order chi connectivity index (χ1) is 13.4. The maximum Gasteiger partial charge on any atom is 0.266 e. The molecule has 3 amide bonds. The van der Waals surface area contributed by atoms with Crippen LogP contribution in [0.5, 0.6) is 0 Å². The number of carbonyl (C=O) groups excluding carboxylic acids is 3. The van der Waals surface area contributed by atoms with Gasteiger partial charge in [-0.2, -0.15) is 0 Å². The van der Waals surface area contributed by atoms with Crippen molar-refractivity contribution in [1.82, 2.24) is 0 Å². The second kappa shape index (κ2) is 6.55. The first kappa shape index (κ1) is 17.3. The van der Waals surface area contributed by atoms with Gasteiger partial charge in [0.1, 0.15) is 0 Å². The fourth-order valence-corrected chi connectivity index (χ4v) is 3.10. The molecule has 0 saturated carbocycles. The van der Waals surface area contributed by atoms with E-state index in [1.165, 1.54) is 18.2 Å². The van der Waals surface area contributed by atoms with Gasteiger partial charge in [0.15, 0.2) is 0 Å². The van der Waals surface area contributed by atoms with Gasteiger partial charge in [-0.05, 0) is 54.6 Å². The van der Waals surface area contributed by atoms with E-state index in [1.807, 2.05) is 0 Å².